The second-order valence-corrected chi connectivity index (χ2v) is 10.2. The summed E-state index contributed by atoms with van der Waals surface area (Å²) in [6, 6.07) is 10.1. The molecule has 1 N–H and O–H groups in total. The highest BCUT2D eigenvalue weighted by Gasteiger charge is 2.50. The number of anilines is 2. The number of thiocarbonyl (C=S) groups is 1. The van der Waals surface area contributed by atoms with E-state index in [0.29, 0.717) is 34.7 Å². The lowest BCUT2D eigenvalue weighted by molar-refractivity contribution is -0.120. The standard InChI is InChI=1S/C27H26FN5O4S/c1-5-22-30-23-18(24(31-22)37-21-13-36-12-20(21)34)9-17(10-19(23)28)33-26(38)32(25(35)27(33,3)4)16-7-6-15(11-29)14(2)8-16/h6-10,20-21,34H,5,12-13H2,1-4H3/t20-,21?/m1/s1. The number of aromatic nitrogens is 2. The molecule has 0 aliphatic carbocycles. The van der Waals surface area contributed by atoms with Crippen LogP contribution in [0.15, 0.2) is 30.3 Å². The van der Waals surface area contributed by atoms with Crippen molar-refractivity contribution in [3.8, 4) is 11.9 Å². The maximum atomic E-state index is 15.6. The van der Waals surface area contributed by atoms with Gasteiger partial charge in [0, 0.05) is 12.1 Å². The van der Waals surface area contributed by atoms with Crippen LogP contribution in [-0.2, 0) is 16.0 Å². The number of aliphatic hydroxyl groups excluding tert-OH is 1. The molecule has 1 unspecified atom stereocenters. The van der Waals surface area contributed by atoms with E-state index in [4.69, 9.17) is 21.7 Å². The second kappa shape index (κ2) is 9.54. The average molecular weight is 536 g/mol. The zero-order chi connectivity index (χ0) is 27.4. The third-order valence-corrected chi connectivity index (χ3v) is 7.21. The molecule has 2 atom stereocenters. The van der Waals surface area contributed by atoms with E-state index in [1.54, 1.807) is 49.9 Å². The number of nitrogens with zero attached hydrogens (tertiary/aromatic N) is 5. The Kier molecular flexibility index (Phi) is 6.51. The van der Waals surface area contributed by atoms with Gasteiger partial charge in [-0.15, -0.1) is 0 Å². The normalized spacial score (nSPS) is 20.9. The van der Waals surface area contributed by atoms with Crippen molar-refractivity contribution >= 4 is 45.5 Å². The summed E-state index contributed by atoms with van der Waals surface area (Å²) in [7, 11) is 0. The van der Waals surface area contributed by atoms with Crippen LogP contribution in [0.5, 0.6) is 5.88 Å². The number of carbonyl (C=O) groups excluding carboxylic acids is 1. The molecule has 0 saturated carbocycles. The lowest BCUT2D eigenvalue weighted by Crippen LogP contribution is -2.44. The average Bonchev–Trinajstić information content (AvgIpc) is 3.35. The molecule has 196 valence electrons. The molecule has 1 amide bonds. The third-order valence-electron chi connectivity index (χ3n) is 6.84. The smallest absolute Gasteiger partial charge is 0.259 e. The number of hydrogen-bond donors (Lipinski definition) is 1. The van der Waals surface area contributed by atoms with Crippen LogP contribution in [0.4, 0.5) is 15.8 Å². The summed E-state index contributed by atoms with van der Waals surface area (Å²) in [5.41, 5.74) is 0.960. The molecule has 2 aromatic carbocycles. The maximum absolute atomic E-state index is 15.6. The quantitative estimate of drug-likeness (QED) is 0.490. The fourth-order valence-corrected chi connectivity index (χ4v) is 5.24. The van der Waals surface area contributed by atoms with E-state index in [2.05, 4.69) is 16.0 Å². The van der Waals surface area contributed by atoms with E-state index >= 15 is 4.39 Å². The van der Waals surface area contributed by atoms with Crippen molar-refractivity contribution in [3.63, 3.8) is 0 Å². The number of aliphatic hydroxyl groups is 1. The Morgan fingerprint density at radius 3 is 2.66 bits per heavy atom. The van der Waals surface area contributed by atoms with Gasteiger partial charge in [-0.25, -0.2) is 9.37 Å². The van der Waals surface area contributed by atoms with Crippen LogP contribution in [0.3, 0.4) is 0 Å². The molecule has 9 nitrogen and oxygen atoms in total. The van der Waals surface area contributed by atoms with Crippen molar-refractivity contribution in [3.05, 3.63) is 53.1 Å². The molecule has 3 aromatic rings. The fourth-order valence-electron chi connectivity index (χ4n) is 4.72. The Morgan fingerprint density at radius 1 is 1.26 bits per heavy atom. The summed E-state index contributed by atoms with van der Waals surface area (Å²) < 4.78 is 26.9. The molecule has 0 spiro atoms. The highest BCUT2D eigenvalue weighted by Crippen LogP contribution is 2.39. The van der Waals surface area contributed by atoms with Gasteiger partial charge < -0.3 is 19.5 Å². The van der Waals surface area contributed by atoms with Gasteiger partial charge >= 0.3 is 0 Å². The first-order valence-corrected chi connectivity index (χ1v) is 12.6. The van der Waals surface area contributed by atoms with Crippen molar-refractivity contribution in [2.24, 2.45) is 0 Å². The van der Waals surface area contributed by atoms with Crippen LogP contribution in [0.25, 0.3) is 10.9 Å². The van der Waals surface area contributed by atoms with Gasteiger partial charge in [0.1, 0.15) is 23.0 Å². The number of aryl methyl sites for hydroxylation is 2. The molecule has 2 aliphatic rings. The van der Waals surface area contributed by atoms with Crippen molar-refractivity contribution in [2.45, 2.75) is 51.9 Å². The monoisotopic (exact) mass is 535 g/mol. The van der Waals surface area contributed by atoms with Crippen molar-refractivity contribution in [2.75, 3.05) is 23.0 Å². The van der Waals surface area contributed by atoms with Crippen LogP contribution in [0, 0.1) is 24.1 Å². The summed E-state index contributed by atoms with van der Waals surface area (Å²) in [4.78, 5) is 25.4. The molecule has 3 heterocycles. The molecule has 2 saturated heterocycles. The zero-order valence-corrected chi connectivity index (χ0v) is 22.2. The van der Waals surface area contributed by atoms with Gasteiger partial charge in [0.05, 0.1) is 35.9 Å². The van der Waals surface area contributed by atoms with Gasteiger partial charge in [0.15, 0.2) is 17.0 Å². The molecule has 2 aliphatic heterocycles. The Morgan fingerprint density at radius 2 is 2.03 bits per heavy atom. The lowest BCUT2D eigenvalue weighted by Gasteiger charge is -2.30. The van der Waals surface area contributed by atoms with Gasteiger partial charge in [0.25, 0.3) is 5.91 Å². The molecule has 38 heavy (non-hydrogen) atoms. The number of rotatable bonds is 5. The minimum atomic E-state index is -1.15. The second-order valence-electron chi connectivity index (χ2n) is 9.81. The molecule has 2 fully saturated rings. The third kappa shape index (κ3) is 4.15. The van der Waals surface area contributed by atoms with Crippen LogP contribution in [0.1, 0.15) is 37.7 Å². The summed E-state index contributed by atoms with van der Waals surface area (Å²) in [6.45, 7) is 7.36. The summed E-state index contributed by atoms with van der Waals surface area (Å²) >= 11 is 5.76. The van der Waals surface area contributed by atoms with E-state index in [0.717, 1.165) is 0 Å². The highest BCUT2D eigenvalue weighted by atomic mass is 32.1. The van der Waals surface area contributed by atoms with Crippen molar-refractivity contribution < 1.29 is 23.8 Å². The Bertz CT molecular complexity index is 1520. The maximum Gasteiger partial charge on any atom is 0.259 e. The predicted octanol–water partition coefficient (Wildman–Crippen LogP) is 3.57. The fraction of sp³-hybridized carbons (Fsp3) is 0.370. The van der Waals surface area contributed by atoms with Gasteiger partial charge in [-0.05, 0) is 68.9 Å². The number of nitriles is 1. The van der Waals surface area contributed by atoms with Crippen molar-refractivity contribution in [1.29, 1.82) is 5.26 Å². The van der Waals surface area contributed by atoms with Gasteiger partial charge in [-0.3, -0.25) is 9.69 Å². The van der Waals surface area contributed by atoms with Gasteiger partial charge in [0.2, 0.25) is 5.88 Å². The Hall–Kier alpha value is -3.72. The van der Waals surface area contributed by atoms with E-state index in [-0.39, 0.29) is 41.0 Å². The molecule has 5 rings (SSSR count). The van der Waals surface area contributed by atoms with Crippen molar-refractivity contribution in [1.82, 2.24) is 9.97 Å². The topological polar surface area (TPSA) is 112 Å². The number of hydrogen-bond acceptors (Lipinski definition) is 8. The van der Waals surface area contributed by atoms with E-state index in [1.807, 2.05) is 6.92 Å². The first-order valence-electron chi connectivity index (χ1n) is 12.2. The minimum Gasteiger partial charge on any atom is -0.468 e. The Labute approximate surface area is 224 Å². The minimum absolute atomic E-state index is 0.0674. The summed E-state index contributed by atoms with van der Waals surface area (Å²) in [5, 5.41) is 19.9. The molecule has 1 aromatic heterocycles. The van der Waals surface area contributed by atoms with Gasteiger partial charge in [-0.2, -0.15) is 10.2 Å². The van der Waals surface area contributed by atoms with E-state index < -0.39 is 23.6 Å². The molecule has 11 heteroatoms. The predicted molar refractivity (Wildman–Crippen MR) is 143 cm³/mol. The molecular formula is C27H26FN5O4S. The molecule has 0 radical (unpaired) electrons. The van der Waals surface area contributed by atoms with Gasteiger partial charge in [-0.1, -0.05) is 6.92 Å². The highest BCUT2D eigenvalue weighted by molar-refractivity contribution is 7.81. The number of carbonyl (C=O) groups is 1. The number of halogens is 1. The van der Waals surface area contributed by atoms with Crippen LogP contribution in [0.2, 0.25) is 0 Å². The van der Waals surface area contributed by atoms with Crippen LogP contribution < -0.4 is 14.5 Å². The summed E-state index contributed by atoms with van der Waals surface area (Å²) in [5.74, 6) is -0.410. The number of fused-ring (bicyclic) bond motifs is 1. The lowest BCUT2D eigenvalue weighted by atomic mass is 10.0. The Balaban J connectivity index is 1.62. The molecule has 0 bridgehead atoms. The van der Waals surface area contributed by atoms with E-state index in [9.17, 15) is 15.2 Å². The SMILES string of the molecule is CCc1nc(OC2COC[C@H]2O)c2cc(N3C(=S)N(c4ccc(C#N)c(C)c4)C(=O)C3(C)C)cc(F)c2n1. The first-order chi connectivity index (χ1) is 18.1. The van der Waals surface area contributed by atoms with Crippen LogP contribution >= 0.6 is 12.2 Å². The summed E-state index contributed by atoms with van der Waals surface area (Å²) in [6.07, 6.45) is -1.05. The number of amides is 1. The zero-order valence-electron chi connectivity index (χ0n) is 21.4. The molecular weight excluding hydrogens is 509 g/mol. The van der Waals surface area contributed by atoms with Crippen LogP contribution in [-0.4, -0.2) is 57.1 Å². The largest absolute Gasteiger partial charge is 0.468 e. The number of ether oxygens (including phenoxy) is 2. The number of benzene rings is 2. The van der Waals surface area contributed by atoms with E-state index in [1.165, 1.54) is 11.0 Å². The first kappa shape index (κ1) is 25.9.